The number of hydroxylamine groups is 2. The van der Waals surface area contributed by atoms with Crippen LogP contribution in [-0.2, 0) is 0 Å². The van der Waals surface area contributed by atoms with Gasteiger partial charge in [0.15, 0.2) is 0 Å². The molecule has 0 spiro atoms. The van der Waals surface area contributed by atoms with Crippen molar-refractivity contribution in [1.29, 1.82) is 0 Å². The highest BCUT2D eigenvalue weighted by molar-refractivity contribution is 6.35. The summed E-state index contributed by atoms with van der Waals surface area (Å²) in [5, 5.41) is 11.9. The Balaban J connectivity index is 2.24. The molecule has 4 heteroatoms. The van der Waals surface area contributed by atoms with E-state index < -0.39 is 0 Å². The minimum atomic E-state index is 0.324. The zero-order valence-electron chi connectivity index (χ0n) is 7.58. The van der Waals surface area contributed by atoms with Crippen LogP contribution in [0.25, 0.3) is 0 Å². The van der Waals surface area contributed by atoms with Gasteiger partial charge in [-0.05, 0) is 24.1 Å². The molecule has 0 aromatic heterocycles. The first-order valence-corrected chi connectivity index (χ1v) is 5.31. The number of halogens is 2. The van der Waals surface area contributed by atoms with Crippen LogP contribution in [0.1, 0.15) is 17.9 Å². The van der Waals surface area contributed by atoms with E-state index >= 15 is 0 Å². The molecule has 0 bridgehead atoms. The molecule has 1 aliphatic heterocycles. The van der Waals surface area contributed by atoms with Crippen molar-refractivity contribution in [3.05, 3.63) is 33.8 Å². The van der Waals surface area contributed by atoms with E-state index in [2.05, 4.69) is 0 Å². The smallest absolute Gasteiger partial charge is 0.0456 e. The van der Waals surface area contributed by atoms with Crippen LogP contribution >= 0.6 is 23.2 Å². The van der Waals surface area contributed by atoms with Crippen LogP contribution in [0.15, 0.2) is 18.2 Å². The van der Waals surface area contributed by atoms with Crippen LogP contribution in [0.3, 0.4) is 0 Å². The first-order chi connectivity index (χ1) is 6.66. The van der Waals surface area contributed by atoms with Gasteiger partial charge in [-0.1, -0.05) is 29.3 Å². The first-order valence-electron chi connectivity index (χ1n) is 4.55. The van der Waals surface area contributed by atoms with E-state index in [1.54, 1.807) is 6.07 Å². The molecule has 1 aromatic rings. The summed E-state index contributed by atoms with van der Waals surface area (Å²) < 4.78 is 0. The van der Waals surface area contributed by atoms with Crippen LogP contribution in [-0.4, -0.2) is 23.4 Å². The molecule has 1 unspecified atom stereocenters. The molecule has 0 saturated carbocycles. The summed E-state index contributed by atoms with van der Waals surface area (Å²) in [5.41, 5.74) is 1.08. The van der Waals surface area contributed by atoms with E-state index in [1.807, 2.05) is 12.1 Å². The van der Waals surface area contributed by atoms with Gasteiger partial charge >= 0.3 is 0 Å². The maximum atomic E-state index is 9.27. The zero-order chi connectivity index (χ0) is 10.1. The van der Waals surface area contributed by atoms with Crippen LogP contribution < -0.4 is 0 Å². The maximum Gasteiger partial charge on any atom is 0.0456 e. The SMILES string of the molecule is ON1CCC(c2ccc(Cl)cc2Cl)C1. The molecule has 2 rings (SSSR count). The van der Waals surface area contributed by atoms with E-state index in [9.17, 15) is 5.21 Å². The molecule has 1 aliphatic rings. The molecule has 0 aliphatic carbocycles. The Bertz CT molecular complexity index is 343. The largest absolute Gasteiger partial charge is 0.314 e. The summed E-state index contributed by atoms with van der Waals surface area (Å²) in [6.45, 7) is 1.37. The van der Waals surface area contributed by atoms with E-state index in [0.717, 1.165) is 12.0 Å². The molecule has 76 valence electrons. The second kappa shape index (κ2) is 4.07. The summed E-state index contributed by atoms with van der Waals surface area (Å²) in [5.74, 6) is 0.324. The third kappa shape index (κ3) is 2.04. The minimum absolute atomic E-state index is 0.324. The highest BCUT2D eigenvalue weighted by atomic mass is 35.5. The fraction of sp³-hybridized carbons (Fsp3) is 0.400. The molecule has 1 N–H and O–H groups in total. The number of hydrogen-bond donors (Lipinski definition) is 1. The lowest BCUT2D eigenvalue weighted by atomic mass is 9.98. The van der Waals surface area contributed by atoms with Gasteiger partial charge in [-0.3, -0.25) is 0 Å². The predicted molar refractivity (Wildman–Crippen MR) is 57.2 cm³/mol. The fourth-order valence-electron chi connectivity index (χ4n) is 1.83. The molecular formula is C10H11Cl2NO. The maximum absolute atomic E-state index is 9.27. The third-order valence-electron chi connectivity index (χ3n) is 2.57. The highest BCUT2D eigenvalue weighted by Crippen LogP contribution is 2.32. The Hall–Kier alpha value is -0.280. The standard InChI is InChI=1S/C10H11Cl2NO/c11-8-1-2-9(10(12)5-8)7-3-4-13(14)6-7/h1-2,5,7,14H,3-4,6H2. The molecule has 1 saturated heterocycles. The van der Waals surface area contributed by atoms with Gasteiger partial charge < -0.3 is 5.21 Å². The van der Waals surface area contributed by atoms with Gasteiger partial charge in [-0.15, -0.1) is 0 Å². The molecule has 0 radical (unpaired) electrons. The second-order valence-corrected chi connectivity index (χ2v) is 4.41. The Morgan fingerprint density at radius 1 is 1.36 bits per heavy atom. The van der Waals surface area contributed by atoms with Crippen LogP contribution in [0.5, 0.6) is 0 Å². The zero-order valence-corrected chi connectivity index (χ0v) is 9.09. The second-order valence-electron chi connectivity index (χ2n) is 3.56. The Labute approximate surface area is 93.0 Å². The molecule has 1 heterocycles. The first kappa shape index (κ1) is 10.2. The van der Waals surface area contributed by atoms with Gasteiger partial charge in [0.05, 0.1) is 0 Å². The normalized spacial score (nSPS) is 22.9. The number of hydrogen-bond acceptors (Lipinski definition) is 2. The monoisotopic (exact) mass is 231 g/mol. The van der Waals surface area contributed by atoms with Gasteiger partial charge in [-0.25, -0.2) is 0 Å². The van der Waals surface area contributed by atoms with Crippen molar-refractivity contribution >= 4 is 23.2 Å². The van der Waals surface area contributed by atoms with Crippen molar-refractivity contribution in [2.75, 3.05) is 13.1 Å². The van der Waals surface area contributed by atoms with E-state index in [4.69, 9.17) is 23.2 Å². The number of benzene rings is 1. The molecule has 1 fully saturated rings. The minimum Gasteiger partial charge on any atom is -0.314 e. The fourth-order valence-corrected chi connectivity index (χ4v) is 2.39. The van der Waals surface area contributed by atoms with Crippen molar-refractivity contribution in [2.24, 2.45) is 0 Å². The van der Waals surface area contributed by atoms with Gasteiger partial charge in [0.2, 0.25) is 0 Å². The van der Waals surface area contributed by atoms with E-state index in [1.165, 1.54) is 5.06 Å². The number of nitrogens with zero attached hydrogens (tertiary/aromatic N) is 1. The van der Waals surface area contributed by atoms with Gasteiger partial charge in [0.25, 0.3) is 0 Å². The van der Waals surface area contributed by atoms with Crippen LogP contribution in [0.4, 0.5) is 0 Å². The molecule has 0 amide bonds. The van der Waals surface area contributed by atoms with Gasteiger partial charge in [0, 0.05) is 29.1 Å². The van der Waals surface area contributed by atoms with Gasteiger partial charge in [0.1, 0.15) is 0 Å². The summed E-state index contributed by atoms with van der Waals surface area (Å²) in [6.07, 6.45) is 0.942. The molecule has 14 heavy (non-hydrogen) atoms. The molecular weight excluding hydrogens is 221 g/mol. The van der Waals surface area contributed by atoms with Gasteiger partial charge in [-0.2, -0.15) is 5.06 Å². The highest BCUT2D eigenvalue weighted by Gasteiger charge is 2.24. The van der Waals surface area contributed by atoms with Crippen molar-refractivity contribution in [3.8, 4) is 0 Å². The quantitative estimate of drug-likeness (QED) is 0.803. The molecule has 1 atom stereocenters. The van der Waals surface area contributed by atoms with Crippen molar-refractivity contribution in [3.63, 3.8) is 0 Å². The Morgan fingerprint density at radius 3 is 2.71 bits per heavy atom. The lowest BCUT2D eigenvalue weighted by molar-refractivity contribution is -0.0691. The summed E-state index contributed by atoms with van der Waals surface area (Å²) in [6, 6.07) is 5.52. The number of rotatable bonds is 1. The average Bonchev–Trinajstić information content (AvgIpc) is 2.51. The van der Waals surface area contributed by atoms with Crippen molar-refractivity contribution in [1.82, 2.24) is 5.06 Å². The lowest BCUT2D eigenvalue weighted by Gasteiger charge is -2.11. The molecule has 2 nitrogen and oxygen atoms in total. The summed E-state index contributed by atoms with van der Waals surface area (Å²) >= 11 is 11.9. The van der Waals surface area contributed by atoms with Crippen LogP contribution in [0, 0.1) is 0 Å². The molecule has 1 aromatic carbocycles. The van der Waals surface area contributed by atoms with E-state index in [-0.39, 0.29) is 0 Å². The predicted octanol–water partition coefficient (Wildman–Crippen LogP) is 3.17. The topological polar surface area (TPSA) is 23.5 Å². The van der Waals surface area contributed by atoms with Crippen molar-refractivity contribution in [2.45, 2.75) is 12.3 Å². The average molecular weight is 232 g/mol. The van der Waals surface area contributed by atoms with E-state index in [0.29, 0.717) is 29.1 Å². The van der Waals surface area contributed by atoms with Crippen molar-refractivity contribution < 1.29 is 5.21 Å². The van der Waals surface area contributed by atoms with Crippen LogP contribution in [0.2, 0.25) is 10.0 Å². The summed E-state index contributed by atoms with van der Waals surface area (Å²) in [7, 11) is 0. The lowest BCUT2D eigenvalue weighted by Crippen LogP contribution is -2.14. The Morgan fingerprint density at radius 2 is 2.14 bits per heavy atom. The Kier molecular flexibility index (Phi) is 2.98. The summed E-state index contributed by atoms with van der Waals surface area (Å²) in [4.78, 5) is 0. The third-order valence-corrected chi connectivity index (χ3v) is 3.13.